The number of fused-ring (bicyclic) bond motifs is 1. The van der Waals surface area contributed by atoms with E-state index in [4.69, 9.17) is 4.74 Å². The fourth-order valence-electron chi connectivity index (χ4n) is 4.36. The SMILES string of the molecule is O[C@H]1CNC[C@@]12CN=C(N1CCc3ccccc3[C@@H]1c1ccc(F)cc1)O2. The molecule has 0 unspecified atom stereocenters. The predicted molar refractivity (Wildman–Crippen MR) is 100 cm³/mol. The average Bonchev–Trinajstić information content (AvgIpc) is 3.28. The van der Waals surface area contributed by atoms with Crippen molar-refractivity contribution in [2.45, 2.75) is 24.2 Å². The monoisotopic (exact) mass is 367 g/mol. The Labute approximate surface area is 157 Å². The first kappa shape index (κ1) is 16.7. The van der Waals surface area contributed by atoms with Crippen molar-refractivity contribution >= 4 is 6.02 Å². The predicted octanol–water partition coefficient (Wildman–Crippen LogP) is 1.86. The second-order valence-corrected chi connectivity index (χ2v) is 7.51. The van der Waals surface area contributed by atoms with Crippen molar-refractivity contribution in [3.05, 3.63) is 71.0 Å². The molecule has 3 aliphatic rings. The van der Waals surface area contributed by atoms with E-state index in [0.717, 1.165) is 18.5 Å². The molecule has 0 aromatic heterocycles. The third kappa shape index (κ3) is 2.71. The van der Waals surface area contributed by atoms with Crippen LogP contribution >= 0.6 is 0 Å². The normalized spacial score (nSPS) is 29.6. The molecule has 1 spiro atoms. The average molecular weight is 367 g/mol. The standard InChI is InChI=1S/C21H22FN3O2/c22-16-7-5-15(6-8-16)19-17-4-2-1-3-14(17)9-10-25(19)20-24-13-21(27-20)12-23-11-18(21)26/h1-8,18-19,23,26H,9-13H2/t18-,19-,21+/m0/s1. The smallest absolute Gasteiger partial charge is 0.289 e. The summed E-state index contributed by atoms with van der Waals surface area (Å²) >= 11 is 0. The van der Waals surface area contributed by atoms with E-state index in [1.165, 1.54) is 23.3 Å². The summed E-state index contributed by atoms with van der Waals surface area (Å²) in [6.07, 6.45) is 0.324. The number of aliphatic imine (C=N–C) groups is 1. The first-order valence-corrected chi connectivity index (χ1v) is 9.38. The molecular formula is C21H22FN3O2. The van der Waals surface area contributed by atoms with E-state index >= 15 is 0 Å². The van der Waals surface area contributed by atoms with E-state index in [0.29, 0.717) is 25.7 Å². The molecule has 6 heteroatoms. The highest BCUT2D eigenvalue weighted by Crippen LogP contribution is 2.38. The Morgan fingerprint density at radius 2 is 2.00 bits per heavy atom. The van der Waals surface area contributed by atoms with Gasteiger partial charge in [0, 0.05) is 19.6 Å². The summed E-state index contributed by atoms with van der Waals surface area (Å²) in [5, 5.41) is 13.5. The van der Waals surface area contributed by atoms with Crippen LogP contribution in [0, 0.1) is 5.82 Å². The number of hydrogen-bond acceptors (Lipinski definition) is 5. The second kappa shape index (κ2) is 6.32. The summed E-state index contributed by atoms with van der Waals surface area (Å²) < 4.78 is 19.7. The van der Waals surface area contributed by atoms with Crippen LogP contribution in [-0.2, 0) is 11.2 Å². The third-order valence-corrected chi connectivity index (χ3v) is 5.86. The zero-order chi connectivity index (χ0) is 18.4. The number of aliphatic hydroxyl groups is 1. The zero-order valence-corrected chi connectivity index (χ0v) is 14.9. The molecule has 0 amide bonds. The molecule has 1 fully saturated rings. The number of halogens is 1. The van der Waals surface area contributed by atoms with Crippen LogP contribution in [0.3, 0.4) is 0 Å². The topological polar surface area (TPSA) is 57.1 Å². The number of ether oxygens (including phenoxy) is 1. The first-order chi connectivity index (χ1) is 13.2. The van der Waals surface area contributed by atoms with Gasteiger partial charge in [-0.2, -0.15) is 0 Å². The van der Waals surface area contributed by atoms with Gasteiger partial charge >= 0.3 is 0 Å². The van der Waals surface area contributed by atoms with Crippen LogP contribution in [0.1, 0.15) is 22.7 Å². The van der Waals surface area contributed by atoms with Crippen molar-refractivity contribution < 1.29 is 14.2 Å². The van der Waals surface area contributed by atoms with Crippen LogP contribution < -0.4 is 5.32 Å². The van der Waals surface area contributed by atoms with Gasteiger partial charge in [0.1, 0.15) is 11.9 Å². The summed E-state index contributed by atoms with van der Waals surface area (Å²) in [4.78, 5) is 6.81. The molecule has 0 bridgehead atoms. The van der Waals surface area contributed by atoms with Gasteiger partial charge in [-0.15, -0.1) is 0 Å². The number of benzene rings is 2. The van der Waals surface area contributed by atoms with E-state index in [-0.39, 0.29) is 11.9 Å². The van der Waals surface area contributed by atoms with E-state index in [2.05, 4.69) is 33.4 Å². The number of rotatable bonds is 1. The molecule has 3 atom stereocenters. The number of amidine groups is 1. The molecule has 5 nitrogen and oxygen atoms in total. The van der Waals surface area contributed by atoms with Gasteiger partial charge in [0.15, 0.2) is 5.60 Å². The highest BCUT2D eigenvalue weighted by molar-refractivity contribution is 5.78. The molecule has 3 heterocycles. The fourth-order valence-corrected chi connectivity index (χ4v) is 4.36. The molecule has 27 heavy (non-hydrogen) atoms. The Bertz CT molecular complexity index is 885. The molecule has 5 rings (SSSR count). The lowest BCUT2D eigenvalue weighted by Crippen LogP contribution is -2.48. The van der Waals surface area contributed by atoms with Gasteiger partial charge in [0.2, 0.25) is 0 Å². The molecule has 2 aromatic carbocycles. The first-order valence-electron chi connectivity index (χ1n) is 9.38. The molecule has 1 saturated heterocycles. The minimum Gasteiger partial charge on any atom is -0.452 e. The Hall–Kier alpha value is -2.44. The Morgan fingerprint density at radius 3 is 2.78 bits per heavy atom. The van der Waals surface area contributed by atoms with Crippen molar-refractivity contribution in [1.29, 1.82) is 0 Å². The van der Waals surface area contributed by atoms with Gasteiger partial charge in [-0.05, 0) is 35.2 Å². The van der Waals surface area contributed by atoms with Crippen LogP contribution in [0.15, 0.2) is 53.5 Å². The zero-order valence-electron chi connectivity index (χ0n) is 14.9. The van der Waals surface area contributed by atoms with Gasteiger partial charge in [0.25, 0.3) is 6.02 Å². The number of β-amino-alcohol motifs (C(OH)–C–C–N with tert-alkyl or cyclic N) is 1. The summed E-state index contributed by atoms with van der Waals surface area (Å²) in [5.74, 6) is -0.247. The number of nitrogens with one attached hydrogen (secondary N) is 1. The van der Waals surface area contributed by atoms with E-state index in [1.807, 2.05) is 18.2 Å². The molecular weight excluding hydrogens is 345 g/mol. The van der Waals surface area contributed by atoms with Crippen LogP contribution in [0.25, 0.3) is 0 Å². The van der Waals surface area contributed by atoms with E-state index < -0.39 is 11.7 Å². The summed E-state index contributed by atoms with van der Waals surface area (Å²) in [7, 11) is 0. The van der Waals surface area contributed by atoms with Crippen molar-refractivity contribution in [2.75, 3.05) is 26.2 Å². The molecule has 140 valence electrons. The highest BCUT2D eigenvalue weighted by atomic mass is 19.1. The Morgan fingerprint density at radius 1 is 1.19 bits per heavy atom. The van der Waals surface area contributed by atoms with E-state index in [1.54, 1.807) is 0 Å². The summed E-state index contributed by atoms with van der Waals surface area (Å²) in [6, 6.07) is 15.5. The number of nitrogens with zero attached hydrogens (tertiary/aromatic N) is 2. The van der Waals surface area contributed by atoms with Crippen molar-refractivity contribution in [3.63, 3.8) is 0 Å². The van der Waals surface area contributed by atoms with Crippen LogP contribution in [0.5, 0.6) is 0 Å². The maximum absolute atomic E-state index is 13.5. The third-order valence-electron chi connectivity index (χ3n) is 5.86. The molecule has 2 N–H and O–H groups in total. The van der Waals surface area contributed by atoms with Crippen molar-refractivity contribution in [1.82, 2.24) is 10.2 Å². The van der Waals surface area contributed by atoms with Crippen LogP contribution in [0.2, 0.25) is 0 Å². The quantitative estimate of drug-likeness (QED) is 0.808. The van der Waals surface area contributed by atoms with Gasteiger partial charge in [-0.1, -0.05) is 36.4 Å². The van der Waals surface area contributed by atoms with Crippen molar-refractivity contribution in [3.8, 4) is 0 Å². The second-order valence-electron chi connectivity index (χ2n) is 7.51. The highest BCUT2D eigenvalue weighted by Gasteiger charge is 2.50. The summed E-state index contributed by atoms with van der Waals surface area (Å²) in [6.45, 7) is 2.32. The Kier molecular flexibility index (Phi) is 3.91. The maximum atomic E-state index is 13.5. The largest absolute Gasteiger partial charge is 0.452 e. The Balaban J connectivity index is 1.52. The number of hydrogen-bond donors (Lipinski definition) is 2. The minimum atomic E-state index is -0.667. The molecule has 0 aliphatic carbocycles. The number of aliphatic hydroxyl groups excluding tert-OH is 1. The van der Waals surface area contributed by atoms with Gasteiger partial charge < -0.3 is 20.1 Å². The van der Waals surface area contributed by atoms with E-state index in [9.17, 15) is 9.50 Å². The fraction of sp³-hybridized carbons (Fsp3) is 0.381. The van der Waals surface area contributed by atoms with Gasteiger partial charge in [-0.3, -0.25) is 0 Å². The van der Waals surface area contributed by atoms with Crippen molar-refractivity contribution in [2.24, 2.45) is 4.99 Å². The maximum Gasteiger partial charge on any atom is 0.289 e. The molecule has 3 aliphatic heterocycles. The lowest BCUT2D eigenvalue weighted by atomic mass is 9.88. The molecule has 2 aromatic rings. The minimum absolute atomic E-state index is 0.0871. The molecule has 0 saturated carbocycles. The lowest BCUT2D eigenvalue weighted by Gasteiger charge is -2.39. The summed E-state index contributed by atoms with van der Waals surface area (Å²) in [5.41, 5.74) is 2.81. The molecule has 0 radical (unpaired) electrons. The van der Waals surface area contributed by atoms with Crippen LogP contribution in [0.4, 0.5) is 4.39 Å². The van der Waals surface area contributed by atoms with Gasteiger partial charge in [0.05, 0.1) is 12.6 Å². The van der Waals surface area contributed by atoms with Crippen LogP contribution in [-0.4, -0.2) is 53.9 Å². The lowest BCUT2D eigenvalue weighted by molar-refractivity contribution is -0.0172. The van der Waals surface area contributed by atoms with Gasteiger partial charge in [-0.25, -0.2) is 9.38 Å².